The topological polar surface area (TPSA) is 127 Å². The highest BCUT2D eigenvalue weighted by atomic mass is 16.5. The maximum atomic E-state index is 10.9. The van der Waals surface area contributed by atoms with Crippen LogP contribution in [0.2, 0.25) is 0 Å². The van der Waals surface area contributed by atoms with E-state index in [1.807, 2.05) is 0 Å². The van der Waals surface area contributed by atoms with E-state index in [2.05, 4.69) is 4.74 Å². The summed E-state index contributed by atoms with van der Waals surface area (Å²) in [5.41, 5.74) is 0. The number of aliphatic hydroxyl groups is 5. The van der Waals surface area contributed by atoms with Gasteiger partial charge in [0.05, 0.1) is 13.2 Å². The summed E-state index contributed by atoms with van der Waals surface area (Å²) in [5, 5.41) is 44.9. The van der Waals surface area contributed by atoms with Crippen LogP contribution in [-0.2, 0) is 9.53 Å². The van der Waals surface area contributed by atoms with Gasteiger partial charge in [-0.15, -0.1) is 0 Å². The zero-order valence-electron chi connectivity index (χ0n) is 8.28. The molecule has 15 heavy (non-hydrogen) atoms. The average Bonchev–Trinajstić information content (AvgIpc) is 2.25. The maximum absolute atomic E-state index is 10.9. The first-order chi connectivity index (χ1) is 6.95. The van der Waals surface area contributed by atoms with Crippen molar-refractivity contribution in [2.24, 2.45) is 0 Å². The van der Waals surface area contributed by atoms with Crippen LogP contribution < -0.4 is 0 Å². The molecule has 0 unspecified atom stereocenters. The second-order valence-corrected chi connectivity index (χ2v) is 2.93. The molecule has 0 saturated heterocycles. The molecule has 0 aromatic carbocycles. The van der Waals surface area contributed by atoms with Crippen molar-refractivity contribution in [3.63, 3.8) is 0 Å². The van der Waals surface area contributed by atoms with Gasteiger partial charge in [0.25, 0.3) is 0 Å². The molecule has 0 heterocycles. The van der Waals surface area contributed by atoms with Gasteiger partial charge < -0.3 is 30.3 Å². The van der Waals surface area contributed by atoms with Gasteiger partial charge in [0.15, 0.2) is 6.10 Å². The Bertz CT molecular complexity index is 195. The van der Waals surface area contributed by atoms with Crippen LogP contribution in [-0.4, -0.2) is 69.1 Å². The third-order valence-corrected chi connectivity index (χ3v) is 1.78. The fourth-order valence-corrected chi connectivity index (χ4v) is 0.889. The van der Waals surface area contributed by atoms with E-state index in [0.717, 1.165) is 0 Å². The SMILES string of the molecule is CCOC(=O)[C@@H](O)[C@H](O)[C@@H](O)[C@H](O)CO. The fourth-order valence-electron chi connectivity index (χ4n) is 0.889. The summed E-state index contributed by atoms with van der Waals surface area (Å²) in [7, 11) is 0. The van der Waals surface area contributed by atoms with Gasteiger partial charge in [-0.05, 0) is 6.92 Å². The molecule has 0 spiro atoms. The quantitative estimate of drug-likeness (QED) is 0.304. The largest absolute Gasteiger partial charge is 0.464 e. The second kappa shape index (κ2) is 6.70. The Morgan fingerprint density at radius 3 is 2.13 bits per heavy atom. The van der Waals surface area contributed by atoms with E-state index >= 15 is 0 Å². The molecule has 0 fully saturated rings. The van der Waals surface area contributed by atoms with Crippen molar-refractivity contribution < 1.29 is 35.1 Å². The lowest BCUT2D eigenvalue weighted by molar-refractivity contribution is -0.169. The molecule has 0 aliphatic rings. The molecule has 0 aliphatic carbocycles. The number of hydrogen-bond acceptors (Lipinski definition) is 7. The van der Waals surface area contributed by atoms with E-state index in [1.54, 1.807) is 0 Å². The molecule has 0 rings (SSSR count). The summed E-state index contributed by atoms with van der Waals surface area (Å²) in [6.07, 6.45) is -7.33. The molecule has 7 heteroatoms. The highest BCUT2D eigenvalue weighted by Gasteiger charge is 2.34. The third kappa shape index (κ3) is 4.10. The molecule has 4 atom stereocenters. The van der Waals surface area contributed by atoms with Crippen LogP contribution in [0, 0.1) is 0 Å². The monoisotopic (exact) mass is 224 g/mol. The molecular weight excluding hydrogens is 208 g/mol. The number of ether oxygens (including phenoxy) is 1. The van der Waals surface area contributed by atoms with Crippen LogP contribution in [0.1, 0.15) is 6.92 Å². The van der Waals surface area contributed by atoms with Crippen molar-refractivity contribution in [3.05, 3.63) is 0 Å². The number of aliphatic hydroxyl groups excluding tert-OH is 5. The van der Waals surface area contributed by atoms with Crippen molar-refractivity contribution >= 4 is 5.97 Å². The Balaban J connectivity index is 4.29. The van der Waals surface area contributed by atoms with Crippen LogP contribution >= 0.6 is 0 Å². The molecule has 0 saturated carbocycles. The molecule has 0 amide bonds. The lowest BCUT2D eigenvalue weighted by Crippen LogP contribution is -2.49. The minimum Gasteiger partial charge on any atom is -0.464 e. The lowest BCUT2D eigenvalue weighted by atomic mass is 10.0. The van der Waals surface area contributed by atoms with Gasteiger partial charge in [-0.2, -0.15) is 0 Å². The average molecular weight is 224 g/mol. The molecule has 5 N–H and O–H groups in total. The van der Waals surface area contributed by atoms with Crippen molar-refractivity contribution in [1.29, 1.82) is 0 Å². The summed E-state index contributed by atoms with van der Waals surface area (Å²) in [6, 6.07) is 0. The first-order valence-electron chi connectivity index (χ1n) is 4.45. The minimum absolute atomic E-state index is 0.0151. The third-order valence-electron chi connectivity index (χ3n) is 1.78. The maximum Gasteiger partial charge on any atom is 0.337 e. The first kappa shape index (κ1) is 14.3. The first-order valence-corrected chi connectivity index (χ1v) is 4.45. The van der Waals surface area contributed by atoms with Gasteiger partial charge in [0.1, 0.15) is 18.3 Å². The lowest BCUT2D eigenvalue weighted by Gasteiger charge is -2.24. The highest BCUT2D eigenvalue weighted by molar-refractivity contribution is 5.75. The van der Waals surface area contributed by atoms with E-state index < -0.39 is 37.0 Å². The summed E-state index contributed by atoms with van der Waals surface area (Å²) in [6.45, 7) is 0.727. The van der Waals surface area contributed by atoms with Crippen LogP contribution in [0.3, 0.4) is 0 Å². The molecule has 0 aliphatic heterocycles. The van der Waals surface area contributed by atoms with E-state index in [0.29, 0.717) is 0 Å². The molecular formula is C8H16O7. The number of esters is 1. The molecule has 7 nitrogen and oxygen atoms in total. The Morgan fingerprint density at radius 2 is 1.73 bits per heavy atom. The summed E-state index contributed by atoms with van der Waals surface area (Å²) >= 11 is 0. The summed E-state index contributed by atoms with van der Waals surface area (Å²) in [5.74, 6) is -1.10. The van der Waals surface area contributed by atoms with Gasteiger partial charge in [-0.1, -0.05) is 0 Å². The second-order valence-electron chi connectivity index (χ2n) is 2.93. The fraction of sp³-hybridized carbons (Fsp3) is 0.875. The number of hydrogen-bond donors (Lipinski definition) is 5. The van der Waals surface area contributed by atoms with Crippen LogP contribution in [0.4, 0.5) is 0 Å². The zero-order valence-corrected chi connectivity index (χ0v) is 8.28. The van der Waals surface area contributed by atoms with Crippen LogP contribution in [0.25, 0.3) is 0 Å². The normalized spacial score (nSPS) is 19.1. The van der Waals surface area contributed by atoms with E-state index in [4.69, 9.17) is 20.4 Å². The summed E-state index contributed by atoms with van der Waals surface area (Å²) < 4.78 is 4.38. The molecule has 0 aromatic rings. The standard InChI is InChI=1S/C8H16O7/c1-2-15-8(14)7(13)6(12)5(11)4(10)3-9/h4-7,9-13H,2-3H2,1H3/t4-,5+,6-,7+/m1/s1. The highest BCUT2D eigenvalue weighted by Crippen LogP contribution is 2.06. The zero-order chi connectivity index (χ0) is 12.0. The summed E-state index contributed by atoms with van der Waals surface area (Å²) in [4.78, 5) is 10.9. The van der Waals surface area contributed by atoms with Crippen LogP contribution in [0.5, 0.6) is 0 Å². The van der Waals surface area contributed by atoms with Crippen molar-refractivity contribution in [2.75, 3.05) is 13.2 Å². The van der Waals surface area contributed by atoms with Crippen molar-refractivity contribution in [2.45, 2.75) is 31.3 Å². The predicted octanol–water partition coefficient (Wildman–Crippen LogP) is -3.01. The minimum atomic E-state index is -1.96. The Morgan fingerprint density at radius 1 is 1.20 bits per heavy atom. The van der Waals surface area contributed by atoms with E-state index in [9.17, 15) is 9.90 Å². The Hall–Kier alpha value is -0.730. The van der Waals surface area contributed by atoms with E-state index in [-0.39, 0.29) is 6.61 Å². The van der Waals surface area contributed by atoms with Gasteiger partial charge in [0.2, 0.25) is 0 Å². The van der Waals surface area contributed by atoms with Crippen molar-refractivity contribution in [3.8, 4) is 0 Å². The molecule has 0 radical (unpaired) electrons. The van der Waals surface area contributed by atoms with Crippen molar-refractivity contribution in [1.82, 2.24) is 0 Å². The number of rotatable bonds is 6. The smallest absolute Gasteiger partial charge is 0.337 e. The van der Waals surface area contributed by atoms with Gasteiger partial charge >= 0.3 is 5.97 Å². The van der Waals surface area contributed by atoms with Crippen LogP contribution in [0.15, 0.2) is 0 Å². The van der Waals surface area contributed by atoms with Gasteiger partial charge in [-0.3, -0.25) is 0 Å². The molecule has 0 aromatic heterocycles. The van der Waals surface area contributed by atoms with Gasteiger partial charge in [-0.25, -0.2) is 4.79 Å². The number of carbonyl (C=O) groups is 1. The Labute approximate surface area is 86.5 Å². The Kier molecular flexibility index (Phi) is 6.37. The number of carbonyl (C=O) groups excluding carboxylic acids is 1. The molecule has 0 bridgehead atoms. The van der Waals surface area contributed by atoms with Gasteiger partial charge in [0, 0.05) is 0 Å². The predicted molar refractivity (Wildman–Crippen MR) is 47.7 cm³/mol. The molecule has 90 valence electrons. The van der Waals surface area contributed by atoms with E-state index in [1.165, 1.54) is 6.92 Å².